The zero-order valence-electron chi connectivity index (χ0n) is 16.5. The fourth-order valence-corrected chi connectivity index (χ4v) is 3.70. The lowest BCUT2D eigenvalue weighted by atomic mass is 10.1. The van der Waals surface area contributed by atoms with Gasteiger partial charge in [-0.25, -0.2) is 0 Å². The predicted octanol–water partition coefficient (Wildman–Crippen LogP) is 6.26. The van der Waals surface area contributed by atoms with Crippen molar-refractivity contribution >= 4 is 38.7 Å². The Morgan fingerprint density at radius 3 is 2.10 bits per heavy atom. The Labute approximate surface area is 182 Å². The number of halogens is 1. The molecule has 0 atom stereocenters. The van der Waals surface area contributed by atoms with Crippen molar-refractivity contribution in [2.45, 2.75) is 20.3 Å². The molecule has 0 aromatic heterocycles. The molecule has 1 heterocycles. The second kappa shape index (κ2) is 9.04. The molecule has 0 spiro atoms. The third-order valence-electron chi connectivity index (χ3n) is 4.96. The van der Waals surface area contributed by atoms with Gasteiger partial charge in [-0.3, -0.25) is 20.2 Å². The van der Waals surface area contributed by atoms with Crippen LogP contribution in [0.3, 0.4) is 0 Å². The number of para-hydroxylation sites is 1. The van der Waals surface area contributed by atoms with E-state index in [9.17, 15) is 20.2 Å². The minimum absolute atomic E-state index is 0.152. The molecule has 154 valence electrons. The molecule has 0 saturated carbocycles. The number of anilines is 2. The summed E-state index contributed by atoms with van der Waals surface area (Å²) in [4.78, 5) is 22.8. The Bertz CT molecular complexity index is 1120. The summed E-state index contributed by atoms with van der Waals surface area (Å²) >= 11 is 3.16. The Morgan fingerprint density at radius 2 is 1.47 bits per heavy atom. The molecule has 1 aliphatic rings. The fourth-order valence-electron chi connectivity index (χ4n) is 3.35. The lowest BCUT2D eigenvalue weighted by molar-refractivity contribution is -0.385. The molecule has 3 aromatic rings. The van der Waals surface area contributed by atoms with Crippen molar-refractivity contribution in [3.63, 3.8) is 0 Å². The zero-order valence-corrected chi connectivity index (χ0v) is 18.1. The monoisotopic (exact) mass is 469 g/mol. The lowest BCUT2D eigenvalue weighted by Gasteiger charge is -2.19. The van der Waals surface area contributed by atoms with Crippen molar-refractivity contribution in [2.75, 3.05) is 11.4 Å². The molecule has 0 fully saturated rings. The van der Waals surface area contributed by atoms with E-state index in [1.54, 1.807) is 32.0 Å². The van der Waals surface area contributed by atoms with Crippen LogP contribution in [-0.2, 0) is 6.42 Å². The van der Waals surface area contributed by atoms with Crippen LogP contribution in [0.2, 0.25) is 0 Å². The van der Waals surface area contributed by atoms with Gasteiger partial charge in [0, 0.05) is 45.7 Å². The second-order valence-electron chi connectivity index (χ2n) is 6.95. The van der Waals surface area contributed by atoms with Gasteiger partial charge in [0.05, 0.1) is 9.85 Å². The number of hydrogen-bond donors (Lipinski definition) is 0. The molecule has 0 aliphatic carbocycles. The van der Waals surface area contributed by atoms with Crippen molar-refractivity contribution in [2.24, 2.45) is 0 Å². The van der Waals surface area contributed by atoms with Crippen LogP contribution in [-0.4, -0.2) is 16.4 Å². The third-order valence-corrected chi connectivity index (χ3v) is 5.45. The molecule has 0 N–H and O–H groups in total. The van der Waals surface area contributed by atoms with E-state index < -0.39 is 0 Å². The van der Waals surface area contributed by atoms with Crippen molar-refractivity contribution in [3.05, 3.63) is 102 Å². The van der Waals surface area contributed by atoms with Crippen LogP contribution in [0, 0.1) is 34.1 Å². The maximum absolute atomic E-state index is 11.0. The Morgan fingerprint density at radius 1 is 0.867 bits per heavy atom. The normalized spacial score (nSPS) is 12.0. The van der Waals surface area contributed by atoms with Gasteiger partial charge in [-0.1, -0.05) is 46.3 Å². The SMILES string of the molecule is Cc1ccc(Br)cc1[N+](=O)[O-].Cc1ccc(N2CCc3ccccc32)cc1[N+](=O)[O-]. The number of benzene rings is 3. The topological polar surface area (TPSA) is 89.5 Å². The van der Waals surface area contributed by atoms with Gasteiger partial charge in [0.15, 0.2) is 0 Å². The maximum Gasteiger partial charge on any atom is 0.274 e. The number of nitrogens with zero attached hydrogens (tertiary/aromatic N) is 3. The van der Waals surface area contributed by atoms with E-state index in [0.717, 1.165) is 28.8 Å². The molecule has 0 radical (unpaired) electrons. The highest BCUT2D eigenvalue weighted by molar-refractivity contribution is 9.10. The van der Waals surface area contributed by atoms with Gasteiger partial charge in [0.25, 0.3) is 11.4 Å². The van der Waals surface area contributed by atoms with Gasteiger partial charge < -0.3 is 4.90 Å². The van der Waals surface area contributed by atoms with E-state index in [-0.39, 0.29) is 21.2 Å². The lowest BCUT2D eigenvalue weighted by Crippen LogP contribution is -2.13. The number of fused-ring (bicyclic) bond motifs is 1. The summed E-state index contributed by atoms with van der Waals surface area (Å²) in [5.74, 6) is 0. The van der Waals surface area contributed by atoms with Crippen LogP contribution in [0.4, 0.5) is 22.7 Å². The standard InChI is InChI=1S/C15H14N2O2.C7H6BrNO2/c1-11-6-7-13(10-15(11)17(18)19)16-9-8-12-4-2-3-5-14(12)16;1-5-2-3-6(8)4-7(5)9(10)11/h2-7,10H,8-9H2,1H3;2-4H,1H3. The zero-order chi connectivity index (χ0) is 21.8. The van der Waals surface area contributed by atoms with E-state index in [0.29, 0.717) is 11.1 Å². The van der Waals surface area contributed by atoms with Gasteiger partial charge in [-0.2, -0.15) is 0 Å². The van der Waals surface area contributed by atoms with Gasteiger partial charge >= 0.3 is 0 Å². The number of aryl methyl sites for hydroxylation is 2. The number of nitro benzene ring substituents is 2. The first kappa shape index (κ1) is 21.4. The van der Waals surface area contributed by atoms with Crippen LogP contribution in [0.25, 0.3) is 0 Å². The van der Waals surface area contributed by atoms with E-state index >= 15 is 0 Å². The Hall–Kier alpha value is -3.26. The van der Waals surface area contributed by atoms with Gasteiger partial charge in [0.1, 0.15) is 0 Å². The summed E-state index contributed by atoms with van der Waals surface area (Å²) in [5, 5.41) is 21.4. The fraction of sp³-hybridized carbons (Fsp3) is 0.182. The van der Waals surface area contributed by atoms with E-state index in [1.165, 1.54) is 11.6 Å². The Kier molecular flexibility index (Phi) is 6.47. The van der Waals surface area contributed by atoms with Gasteiger partial charge in [-0.05, 0) is 44.0 Å². The average Bonchev–Trinajstić information content (AvgIpc) is 3.14. The molecule has 0 unspecified atom stereocenters. The number of rotatable bonds is 3. The van der Waals surface area contributed by atoms with Crippen LogP contribution in [0.1, 0.15) is 16.7 Å². The van der Waals surface area contributed by atoms with Gasteiger partial charge in [0.2, 0.25) is 0 Å². The highest BCUT2D eigenvalue weighted by Gasteiger charge is 2.22. The highest BCUT2D eigenvalue weighted by atomic mass is 79.9. The minimum atomic E-state index is -0.389. The maximum atomic E-state index is 11.0. The van der Waals surface area contributed by atoms with E-state index in [2.05, 4.69) is 33.0 Å². The van der Waals surface area contributed by atoms with Crippen molar-refractivity contribution in [1.29, 1.82) is 0 Å². The summed E-state index contributed by atoms with van der Waals surface area (Å²) in [6.07, 6.45) is 0.984. The molecule has 0 amide bonds. The summed E-state index contributed by atoms with van der Waals surface area (Å²) in [5.41, 5.74) is 5.05. The molecule has 7 nitrogen and oxygen atoms in total. The first-order chi connectivity index (χ1) is 14.3. The molecule has 30 heavy (non-hydrogen) atoms. The van der Waals surface area contributed by atoms with Crippen molar-refractivity contribution < 1.29 is 9.85 Å². The van der Waals surface area contributed by atoms with Crippen LogP contribution < -0.4 is 4.90 Å². The average molecular weight is 470 g/mol. The molecule has 1 aliphatic heterocycles. The second-order valence-corrected chi connectivity index (χ2v) is 7.86. The molecular formula is C22H20BrN3O4. The largest absolute Gasteiger partial charge is 0.341 e. The molecule has 4 rings (SSSR count). The van der Waals surface area contributed by atoms with E-state index in [4.69, 9.17) is 0 Å². The highest BCUT2D eigenvalue weighted by Crippen LogP contribution is 2.36. The summed E-state index contributed by atoms with van der Waals surface area (Å²) < 4.78 is 0.731. The van der Waals surface area contributed by atoms with Crippen molar-refractivity contribution in [1.82, 2.24) is 0 Å². The van der Waals surface area contributed by atoms with Gasteiger partial charge in [-0.15, -0.1) is 0 Å². The summed E-state index contributed by atoms with van der Waals surface area (Å²) in [6, 6.07) is 18.6. The first-order valence-electron chi connectivity index (χ1n) is 9.29. The quantitative estimate of drug-likeness (QED) is 0.333. The first-order valence-corrected chi connectivity index (χ1v) is 10.1. The molecule has 0 bridgehead atoms. The smallest absolute Gasteiger partial charge is 0.274 e. The molecular weight excluding hydrogens is 450 g/mol. The van der Waals surface area contributed by atoms with Crippen molar-refractivity contribution in [3.8, 4) is 0 Å². The Balaban J connectivity index is 0.000000199. The summed E-state index contributed by atoms with van der Waals surface area (Å²) in [7, 11) is 0. The van der Waals surface area contributed by atoms with E-state index in [1.807, 2.05) is 24.3 Å². The minimum Gasteiger partial charge on any atom is -0.341 e. The molecule has 0 saturated heterocycles. The third kappa shape index (κ3) is 4.65. The number of nitro groups is 2. The number of hydrogen-bond acceptors (Lipinski definition) is 5. The van der Waals surface area contributed by atoms with Crippen LogP contribution in [0.5, 0.6) is 0 Å². The van der Waals surface area contributed by atoms with Crippen LogP contribution in [0.15, 0.2) is 65.1 Å². The summed E-state index contributed by atoms with van der Waals surface area (Å²) in [6.45, 7) is 4.35. The predicted molar refractivity (Wildman–Crippen MR) is 121 cm³/mol. The molecule has 3 aromatic carbocycles. The molecule has 8 heteroatoms. The van der Waals surface area contributed by atoms with Crippen LogP contribution >= 0.6 is 15.9 Å².